The number of benzene rings is 2. The SMILES string of the molecule is Cc1ccc(NC(=O)Nc2ccc(-c3cc(C(=O)NC(C(=O)O)C(C)C)on3)cc2)cc1C. The van der Waals surface area contributed by atoms with Crippen molar-refractivity contribution in [3.05, 3.63) is 65.4 Å². The number of hydrogen-bond acceptors (Lipinski definition) is 5. The lowest BCUT2D eigenvalue weighted by atomic mass is 10.0. The Labute approximate surface area is 191 Å². The van der Waals surface area contributed by atoms with Crippen LogP contribution in [0.15, 0.2) is 53.1 Å². The molecule has 0 radical (unpaired) electrons. The number of carboxylic acid groups (broad SMARTS) is 1. The minimum absolute atomic E-state index is 0.0909. The van der Waals surface area contributed by atoms with Crippen molar-refractivity contribution in [3.63, 3.8) is 0 Å². The third kappa shape index (κ3) is 5.97. The van der Waals surface area contributed by atoms with Gasteiger partial charge >= 0.3 is 12.0 Å². The summed E-state index contributed by atoms with van der Waals surface area (Å²) in [6.45, 7) is 7.37. The van der Waals surface area contributed by atoms with Gasteiger partial charge in [0.15, 0.2) is 0 Å². The van der Waals surface area contributed by atoms with E-state index in [-0.39, 0.29) is 17.7 Å². The molecule has 3 amide bonds. The van der Waals surface area contributed by atoms with Crippen molar-refractivity contribution in [2.24, 2.45) is 5.92 Å². The number of aryl methyl sites for hydroxylation is 2. The molecule has 4 N–H and O–H groups in total. The molecule has 2 aromatic carbocycles. The average Bonchev–Trinajstić information content (AvgIpc) is 3.25. The number of rotatable bonds is 7. The Kier molecular flexibility index (Phi) is 7.12. The van der Waals surface area contributed by atoms with Crippen LogP contribution in [0.4, 0.5) is 16.2 Å². The number of amides is 3. The minimum atomic E-state index is -1.12. The van der Waals surface area contributed by atoms with E-state index in [1.54, 1.807) is 38.1 Å². The van der Waals surface area contributed by atoms with Crippen LogP contribution in [0.25, 0.3) is 11.3 Å². The second-order valence-corrected chi connectivity index (χ2v) is 8.07. The van der Waals surface area contributed by atoms with E-state index in [0.29, 0.717) is 22.6 Å². The zero-order valence-electron chi connectivity index (χ0n) is 18.8. The normalized spacial score (nSPS) is 11.7. The van der Waals surface area contributed by atoms with E-state index < -0.39 is 17.9 Å². The first kappa shape index (κ1) is 23.5. The third-order valence-corrected chi connectivity index (χ3v) is 5.16. The van der Waals surface area contributed by atoms with Crippen molar-refractivity contribution in [1.29, 1.82) is 0 Å². The summed E-state index contributed by atoms with van der Waals surface area (Å²) in [6, 6.07) is 12.5. The molecule has 172 valence electrons. The van der Waals surface area contributed by atoms with Gasteiger partial charge in [0, 0.05) is 23.0 Å². The molecule has 0 aliphatic heterocycles. The first-order valence-electron chi connectivity index (χ1n) is 10.4. The first-order valence-corrected chi connectivity index (χ1v) is 10.4. The Morgan fingerprint density at radius 3 is 2.15 bits per heavy atom. The fraction of sp³-hybridized carbons (Fsp3) is 0.250. The van der Waals surface area contributed by atoms with Crippen LogP contribution in [0, 0.1) is 19.8 Å². The molecule has 0 fully saturated rings. The maximum atomic E-state index is 12.3. The van der Waals surface area contributed by atoms with Crippen molar-refractivity contribution < 1.29 is 24.0 Å². The van der Waals surface area contributed by atoms with E-state index in [1.165, 1.54) is 6.07 Å². The minimum Gasteiger partial charge on any atom is -0.480 e. The number of nitrogens with one attached hydrogen (secondary N) is 3. The third-order valence-electron chi connectivity index (χ3n) is 5.16. The van der Waals surface area contributed by atoms with Gasteiger partial charge in [0.2, 0.25) is 5.76 Å². The first-order chi connectivity index (χ1) is 15.6. The van der Waals surface area contributed by atoms with Gasteiger partial charge in [0.1, 0.15) is 11.7 Å². The molecule has 0 saturated carbocycles. The standard InChI is InChI=1S/C24H26N4O5/c1-13(2)21(23(30)31)27-22(29)20-12-19(28-33-20)16-6-9-17(10-7-16)25-24(32)26-18-8-5-14(3)15(4)11-18/h5-13,21H,1-4H3,(H,27,29)(H,30,31)(H2,25,26,32). The summed E-state index contributed by atoms with van der Waals surface area (Å²) < 4.78 is 5.09. The molecule has 0 aliphatic rings. The number of carbonyl (C=O) groups is 3. The van der Waals surface area contributed by atoms with E-state index in [4.69, 9.17) is 4.52 Å². The van der Waals surface area contributed by atoms with E-state index in [0.717, 1.165) is 11.1 Å². The summed E-state index contributed by atoms with van der Waals surface area (Å²) in [7, 11) is 0. The number of carboxylic acids is 1. The average molecular weight is 450 g/mol. The van der Waals surface area contributed by atoms with Gasteiger partial charge in [-0.05, 0) is 55.2 Å². The van der Waals surface area contributed by atoms with E-state index in [2.05, 4.69) is 21.1 Å². The van der Waals surface area contributed by atoms with Crippen LogP contribution < -0.4 is 16.0 Å². The largest absolute Gasteiger partial charge is 0.480 e. The molecule has 3 rings (SSSR count). The van der Waals surface area contributed by atoms with Crippen LogP contribution in [-0.4, -0.2) is 34.2 Å². The van der Waals surface area contributed by atoms with Crippen LogP contribution in [0.5, 0.6) is 0 Å². The van der Waals surface area contributed by atoms with Gasteiger partial charge in [-0.25, -0.2) is 9.59 Å². The Morgan fingerprint density at radius 2 is 1.55 bits per heavy atom. The van der Waals surface area contributed by atoms with E-state index >= 15 is 0 Å². The second kappa shape index (κ2) is 9.99. The summed E-state index contributed by atoms with van der Waals surface area (Å²) in [5.41, 5.74) is 4.57. The molecular weight excluding hydrogens is 424 g/mol. The van der Waals surface area contributed by atoms with Crippen LogP contribution in [0.1, 0.15) is 35.5 Å². The van der Waals surface area contributed by atoms with Gasteiger partial charge in [-0.15, -0.1) is 0 Å². The highest BCUT2D eigenvalue weighted by atomic mass is 16.5. The molecule has 33 heavy (non-hydrogen) atoms. The summed E-state index contributed by atoms with van der Waals surface area (Å²) in [5, 5.41) is 21.1. The molecule has 1 aromatic heterocycles. The molecule has 1 heterocycles. The summed E-state index contributed by atoms with van der Waals surface area (Å²) in [5.74, 6) is -2.16. The summed E-state index contributed by atoms with van der Waals surface area (Å²) in [4.78, 5) is 35.8. The van der Waals surface area contributed by atoms with E-state index in [9.17, 15) is 19.5 Å². The molecule has 0 spiro atoms. The van der Waals surface area contributed by atoms with Gasteiger partial charge in [-0.1, -0.05) is 37.2 Å². The fourth-order valence-corrected chi connectivity index (χ4v) is 3.08. The highest BCUT2D eigenvalue weighted by molar-refractivity contribution is 6.00. The smallest absolute Gasteiger partial charge is 0.326 e. The number of carbonyl (C=O) groups excluding carboxylic acids is 2. The van der Waals surface area contributed by atoms with Gasteiger partial charge < -0.3 is 25.6 Å². The van der Waals surface area contributed by atoms with Gasteiger partial charge in [0.05, 0.1) is 0 Å². The number of hydrogen-bond donors (Lipinski definition) is 4. The Balaban J connectivity index is 1.62. The quantitative estimate of drug-likeness (QED) is 0.420. The lowest BCUT2D eigenvalue weighted by Crippen LogP contribution is -2.44. The second-order valence-electron chi connectivity index (χ2n) is 8.07. The Bertz CT molecular complexity index is 1170. The predicted molar refractivity (Wildman–Crippen MR) is 124 cm³/mol. The zero-order valence-corrected chi connectivity index (χ0v) is 18.8. The van der Waals surface area contributed by atoms with Crippen molar-refractivity contribution >= 4 is 29.3 Å². The molecule has 1 unspecified atom stereocenters. The lowest BCUT2D eigenvalue weighted by Gasteiger charge is -2.16. The highest BCUT2D eigenvalue weighted by Crippen LogP contribution is 2.22. The van der Waals surface area contributed by atoms with Crippen LogP contribution in [0.2, 0.25) is 0 Å². The summed E-state index contributed by atoms with van der Waals surface area (Å²) >= 11 is 0. The monoisotopic (exact) mass is 450 g/mol. The maximum Gasteiger partial charge on any atom is 0.326 e. The zero-order chi connectivity index (χ0) is 24.1. The van der Waals surface area contributed by atoms with Crippen molar-refractivity contribution in [3.8, 4) is 11.3 Å². The molecule has 0 aliphatic carbocycles. The molecular formula is C24H26N4O5. The highest BCUT2D eigenvalue weighted by Gasteiger charge is 2.25. The number of nitrogens with zero attached hydrogens (tertiary/aromatic N) is 1. The molecule has 3 aromatic rings. The summed E-state index contributed by atoms with van der Waals surface area (Å²) in [6.07, 6.45) is 0. The topological polar surface area (TPSA) is 134 Å². The number of urea groups is 1. The number of aromatic nitrogens is 1. The predicted octanol–water partition coefficient (Wildman–Crippen LogP) is 4.44. The lowest BCUT2D eigenvalue weighted by molar-refractivity contribution is -0.140. The fourth-order valence-electron chi connectivity index (χ4n) is 3.08. The Morgan fingerprint density at radius 1 is 0.909 bits per heavy atom. The van der Waals surface area contributed by atoms with Crippen molar-refractivity contribution in [2.75, 3.05) is 10.6 Å². The van der Waals surface area contributed by atoms with Gasteiger partial charge in [0.25, 0.3) is 5.91 Å². The molecule has 0 saturated heterocycles. The molecule has 0 bridgehead atoms. The van der Waals surface area contributed by atoms with Crippen molar-refractivity contribution in [1.82, 2.24) is 10.5 Å². The Hall–Kier alpha value is -4.14. The van der Waals surface area contributed by atoms with Crippen LogP contribution in [-0.2, 0) is 4.79 Å². The number of anilines is 2. The van der Waals surface area contributed by atoms with E-state index in [1.807, 2.05) is 32.0 Å². The molecule has 9 nitrogen and oxygen atoms in total. The van der Waals surface area contributed by atoms with Crippen LogP contribution >= 0.6 is 0 Å². The maximum absolute atomic E-state index is 12.3. The van der Waals surface area contributed by atoms with Crippen molar-refractivity contribution in [2.45, 2.75) is 33.7 Å². The molecule has 9 heteroatoms. The molecule has 1 atom stereocenters. The van der Waals surface area contributed by atoms with Crippen LogP contribution in [0.3, 0.4) is 0 Å². The van der Waals surface area contributed by atoms with Gasteiger partial charge in [-0.3, -0.25) is 4.79 Å². The van der Waals surface area contributed by atoms with Gasteiger partial charge in [-0.2, -0.15) is 0 Å². The number of aliphatic carboxylic acids is 1.